The molecule has 142 valence electrons. The average molecular weight is 365 g/mol. The van der Waals surface area contributed by atoms with Gasteiger partial charge in [0.25, 0.3) is 5.91 Å². The van der Waals surface area contributed by atoms with Gasteiger partial charge in [-0.1, -0.05) is 42.0 Å². The lowest BCUT2D eigenvalue weighted by Crippen LogP contribution is -2.43. The first-order valence-corrected chi connectivity index (χ1v) is 9.43. The van der Waals surface area contributed by atoms with Crippen molar-refractivity contribution in [3.05, 3.63) is 70.8 Å². The number of hydrogen-bond donors (Lipinski definition) is 3. The van der Waals surface area contributed by atoms with Crippen molar-refractivity contribution in [3.63, 3.8) is 0 Å². The van der Waals surface area contributed by atoms with Crippen molar-refractivity contribution >= 4 is 11.9 Å². The minimum absolute atomic E-state index is 0.0857. The fraction of sp³-hybridized carbons (Fsp3) is 0.364. The largest absolute Gasteiger partial charge is 0.350 e. The second-order valence-corrected chi connectivity index (χ2v) is 7.33. The van der Waals surface area contributed by atoms with Gasteiger partial charge in [-0.05, 0) is 49.9 Å². The Hall–Kier alpha value is -2.82. The molecule has 5 heteroatoms. The quantitative estimate of drug-likeness (QED) is 0.660. The zero-order valence-electron chi connectivity index (χ0n) is 16.0. The summed E-state index contributed by atoms with van der Waals surface area (Å²) < 4.78 is 0. The summed E-state index contributed by atoms with van der Waals surface area (Å²) in [4.78, 5) is 24.1. The van der Waals surface area contributed by atoms with Crippen molar-refractivity contribution in [1.29, 1.82) is 0 Å². The minimum Gasteiger partial charge on any atom is -0.350 e. The van der Waals surface area contributed by atoms with Crippen LogP contribution in [0, 0.1) is 13.8 Å². The molecule has 0 aromatic heterocycles. The first-order chi connectivity index (χ1) is 13.0. The topological polar surface area (TPSA) is 70.2 Å². The van der Waals surface area contributed by atoms with Gasteiger partial charge in [-0.15, -0.1) is 0 Å². The van der Waals surface area contributed by atoms with Crippen LogP contribution in [-0.2, 0) is 5.41 Å². The molecule has 1 saturated carbocycles. The summed E-state index contributed by atoms with van der Waals surface area (Å²) in [5.41, 5.74) is 4.43. The van der Waals surface area contributed by atoms with Gasteiger partial charge in [0.15, 0.2) is 0 Å². The standard InChI is InChI=1S/C22H27N3O2/c1-16-7-9-18(10-8-16)20(26)23-13-14-24-21(27)25-15-22(11-12-22)19-6-4-3-5-17(19)2/h3-10H,11-15H2,1-2H3,(H,23,26)(H2,24,25,27). The van der Waals surface area contributed by atoms with E-state index in [4.69, 9.17) is 0 Å². The first kappa shape index (κ1) is 19.0. The highest BCUT2D eigenvalue weighted by atomic mass is 16.2. The lowest BCUT2D eigenvalue weighted by atomic mass is 9.92. The zero-order chi connectivity index (χ0) is 19.3. The maximum absolute atomic E-state index is 12.1. The van der Waals surface area contributed by atoms with Crippen LogP contribution in [0.25, 0.3) is 0 Å². The van der Waals surface area contributed by atoms with Crippen LogP contribution in [0.15, 0.2) is 48.5 Å². The predicted octanol–water partition coefficient (Wildman–Crippen LogP) is 3.06. The lowest BCUT2D eigenvalue weighted by Gasteiger charge is -2.19. The van der Waals surface area contributed by atoms with Gasteiger partial charge in [0.2, 0.25) is 0 Å². The highest BCUT2D eigenvalue weighted by molar-refractivity contribution is 5.94. The molecule has 0 unspecified atom stereocenters. The van der Waals surface area contributed by atoms with Crippen molar-refractivity contribution in [3.8, 4) is 0 Å². The van der Waals surface area contributed by atoms with E-state index in [0.29, 0.717) is 25.2 Å². The molecule has 0 heterocycles. The van der Waals surface area contributed by atoms with Gasteiger partial charge < -0.3 is 16.0 Å². The number of hydrogen-bond acceptors (Lipinski definition) is 2. The Morgan fingerprint density at radius 3 is 2.22 bits per heavy atom. The zero-order valence-corrected chi connectivity index (χ0v) is 16.0. The van der Waals surface area contributed by atoms with Crippen LogP contribution < -0.4 is 16.0 Å². The molecule has 0 bridgehead atoms. The monoisotopic (exact) mass is 365 g/mol. The van der Waals surface area contributed by atoms with E-state index in [0.717, 1.165) is 18.4 Å². The summed E-state index contributed by atoms with van der Waals surface area (Å²) in [5, 5.41) is 8.59. The summed E-state index contributed by atoms with van der Waals surface area (Å²) in [5.74, 6) is -0.131. The van der Waals surface area contributed by atoms with Crippen molar-refractivity contribution < 1.29 is 9.59 Å². The fourth-order valence-corrected chi connectivity index (χ4v) is 3.33. The number of amides is 3. The minimum atomic E-state index is -0.195. The molecule has 0 saturated heterocycles. The molecule has 2 aromatic rings. The molecule has 1 fully saturated rings. The Balaban J connectivity index is 1.37. The van der Waals surface area contributed by atoms with Crippen molar-refractivity contribution in [2.75, 3.05) is 19.6 Å². The van der Waals surface area contributed by atoms with Gasteiger partial charge >= 0.3 is 6.03 Å². The first-order valence-electron chi connectivity index (χ1n) is 9.43. The molecule has 27 heavy (non-hydrogen) atoms. The molecule has 3 N–H and O–H groups in total. The highest BCUT2D eigenvalue weighted by Crippen LogP contribution is 2.48. The second-order valence-electron chi connectivity index (χ2n) is 7.33. The van der Waals surface area contributed by atoms with Crippen LogP contribution >= 0.6 is 0 Å². The number of aryl methyl sites for hydroxylation is 2. The average Bonchev–Trinajstić information content (AvgIpc) is 3.45. The van der Waals surface area contributed by atoms with Gasteiger partial charge in [-0.3, -0.25) is 4.79 Å². The van der Waals surface area contributed by atoms with E-state index in [-0.39, 0.29) is 17.4 Å². The van der Waals surface area contributed by atoms with Gasteiger partial charge in [0.1, 0.15) is 0 Å². The smallest absolute Gasteiger partial charge is 0.314 e. The molecular formula is C22H27N3O2. The number of nitrogens with one attached hydrogen (secondary N) is 3. The Bertz CT molecular complexity index is 811. The van der Waals surface area contributed by atoms with E-state index in [1.165, 1.54) is 11.1 Å². The number of urea groups is 1. The number of carbonyl (C=O) groups is 2. The van der Waals surface area contributed by atoms with Crippen LogP contribution in [0.3, 0.4) is 0 Å². The van der Waals surface area contributed by atoms with Gasteiger partial charge in [0, 0.05) is 30.6 Å². The second kappa shape index (κ2) is 8.25. The number of carbonyl (C=O) groups excluding carboxylic acids is 2. The molecule has 0 radical (unpaired) electrons. The molecule has 0 spiro atoms. The summed E-state index contributed by atoms with van der Waals surface area (Å²) in [6.45, 7) is 5.52. The third-order valence-corrected chi connectivity index (χ3v) is 5.17. The Morgan fingerprint density at radius 2 is 1.56 bits per heavy atom. The van der Waals surface area contributed by atoms with Crippen LogP contribution in [0.4, 0.5) is 4.79 Å². The molecule has 3 amide bonds. The van der Waals surface area contributed by atoms with Crippen LogP contribution in [0.1, 0.15) is 39.9 Å². The normalized spacial score (nSPS) is 14.3. The van der Waals surface area contributed by atoms with Gasteiger partial charge in [-0.2, -0.15) is 0 Å². The van der Waals surface area contributed by atoms with E-state index in [2.05, 4.69) is 41.1 Å². The molecule has 0 aliphatic heterocycles. The Labute approximate surface area is 160 Å². The van der Waals surface area contributed by atoms with Crippen molar-refractivity contribution in [1.82, 2.24) is 16.0 Å². The predicted molar refractivity (Wildman–Crippen MR) is 107 cm³/mol. The molecular weight excluding hydrogens is 338 g/mol. The van der Waals surface area contributed by atoms with Crippen molar-refractivity contribution in [2.45, 2.75) is 32.1 Å². The maximum atomic E-state index is 12.1. The lowest BCUT2D eigenvalue weighted by molar-refractivity contribution is 0.0954. The Kier molecular flexibility index (Phi) is 5.79. The van der Waals surface area contributed by atoms with Crippen molar-refractivity contribution in [2.24, 2.45) is 0 Å². The number of rotatable bonds is 7. The summed E-state index contributed by atoms with van der Waals surface area (Å²) in [6.07, 6.45) is 2.20. The molecule has 0 atom stereocenters. The van der Waals surface area contributed by atoms with Crippen LogP contribution in [0.2, 0.25) is 0 Å². The van der Waals surface area contributed by atoms with E-state index in [1.807, 2.05) is 25.1 Å². The third-order valence-electron chi connectivity index (χ3n) is 5.17. The molecule has 5 nitrogen and oxygen atoms in total. The number of benzene rings is 2. The molecule has 3 rings (SSSR count). The summed E-state index contributed by atoms with van der Waals surface area (Å²) >= 11 is 0. The van der Waals surface area contributed by atoms with Gasteiger partial charge in [-0.25, -0.2) is 4.79 Å². The SMILES string of the molecule is Cc1ccc(C(=O)NCCNC(=O)NCC2(c3ccccc3C)CC2)cc1. The van der Waals surface area contributed by atoms with E-state index in [1.54, 1.807) is 12.1 Å². The molecule has 2 aromatic carbocycles. The molecule has 1 aliphatic carbocycles. The highest BCUT2D eigenvalue weighted by Gasteiger charge is 2.45. The summed E-state index contributed by atoms with van der Waals surface area (Å²) in [7, 11) is 0. The van der Waals surface area contributed by atoms with E-state index >= 15 is 0 Å². The van der Waals surface area contributed by atoms with Crippen LogP contribution in [0.5, 0.6) is 0 Å². The van der Waals surface area contributed by atoms with E-state index < -0.39 is 0 Å². The molecule has 1 aliphatic rings. The third kappa shape index (κ3) is 4.88. The fourth-order valence-electron chi connectivity index (χ4n) is 3.33. The Morgan fingerprint density at radius 1 is 0.889 bits per heavy atom. The summed E-state index contributed by atoms with van der Waals surface area (Å²) in [6, 6.07) is 15.6. The van der Waals surface area contributed by atoms with Crippen LogP contribution in [-0.4, -0.2) is 31.6 Å². The maximum Gasteiger partial charge on any atom is 0.314 e. The van der Waals surface area contributed by atoms with Gasteiger partial charge in [0.05, 0.1) is 0 Å². The van der Waals surface area contributed by atoms with E-state index in [9.17, 15) is 9.59 Å².